The van der Waals surface area contributed by atoms with Crippen molar-refractivity contribution in [3.8, 4) is 0 Å². The third-order valence-corrected chi connectivity index (χ3v) is 2.55. The van der Waals surface area contributed by atoms with E-state index in [1.165, 1.54) is 11.8 Å². The van der Waals surface area contributed by atoms with E-state index in [1.54, 1.807) is 13.8 Å². The molecule has 0 aliphatic heterocycles. The summed E-state index contributed by atoms with van der Waals surface area (Å²) in [6.45, 7) is 3.79. The van der Waals surface area contributed by atoms with Crippen LogP contribution >= 0.6 is 23.4 Å². The fraction of sp³-hybridized carbons (Fsp3) is 0.444. The highest BCUT2D eigenvalue weighted by Gasteiger charge is 2.18. The predicted molar refractivity (Wildman–Crippen MR) is 59.5 cm³/mol. The Bertz CT molecular complexity index is 385. The Morgan fingerprint density at radius 2 is 2.20 bits per heavy atom. The lowest BCUT2D eigenvalue weighted by Crippen LogP contribution is -2.11. The molecule has 0 N–H and O–H groups in total. The zero-order chi connectivity index (χ0) is 11.4. The minimum absolute atomic E-state index is 0.143. The molecule has 1 rings (SSSR count). The Balaban J connectivity index is 3.20. The van der Waals surface area contributed by atoms with Gasteiger partial charge in [-0.05, 0) is 31.7 Å². The van der Waals surface area contributed by atoms with Gasteiger partial charge in [0, 0.05) is 0 Å². The Kier molecular flexibility index (Phi) is 4.35. The Morgan fingerprint density at radius 3 is 2.73 bits per heavy atom. The number of carbonyl (C=O) groups excluding carboxylic acids is 1. The molecule has 0 aromatic carbocycles. The van der Waals surface area contributed by atoms with Gasteiger partial charge in [0.15, 0.2) is 0 Å². The summed E-state index contributed by atoms with van der Waals surface area (Å²) in [5, 5.41) is 0.691. The second kappa shape index (κ2) is 5.32. The van der Waals surface area contributed by atoms with E-state index in [9.17, 15) is 4.79 Å². The highest BCUT2D eigenvalue weighted by molar-refractivity contribution is 7.98. The van der Waals surface area contributed by atoms with Gasteiger partial charge in [0.25, 0.3) is 0 Å². The zero-order valence-electron chi connectivity index (χ0n) is 8.70. The van der Waals surface area contributed by atoms with Crippen LogP contribution in [0.5, 0.6) is 0 Å². The molecule has 0 amide bonds. The van der Waals surface area contributed by atoms with E-state index in [2.05, 4.69) is 9.97 Å². The number of ether oxygens (including phenoxy) is 1. The number of rotatable bonds is 3. The van der Waals surface area contributed by atoms with Crippen molar-refractivity contribution in [2.45, 2.75) is 18.9 Å². The van der Waals surface area contributed by atoms with E-state index in [4.69, 9.17) is 16.3 Å². The SMILES string of the molecule is CCOC(=O)c1c(C)nc(Cl)nc1SC. The summed E-state index contributed by atoms with van der Waals surface area (Å²) in [6, 6.07) is 0. The predicted octanol–water partition coefficient (Wildman–Crippen LogP) is 2.34. The average molecular weight is 247 g/mol. The highest BCUT2D eigenvalue weighted by atomic mass is 35.5. The van der Waals surface area contributed by atoms with Crippen LogP contribution in [0.3, 0.4) is 0 Å². The van der Waals surface area contributed by atoms with Crippen LogP contribution in [0, 0.1) is 6.92 Å². The molecule has 0 saturated heterocycles. The molecule has 0 radical (unpaired) electrons. The van der Waals surface area contributed by atoms with Crippen LogP contribution in [-0.4, -0.2) is 28.8 Å². The third-order valence-electron chi connectivity index (χ3n) is 1.70. The largest absolute Gasteiger partial charge is 0.462 e. The third kappa shape index (κ3) is 2.82. The summed E-state index contributed by atoms with van der Waals surface area (Å²) < 4.78 is 4.92. The van der Waals surface area contributed by atoms with Crippen LogP contribution in [0.1, 0.15) is 23.0 Å². The number of aromatic nitrogens is 2. The minimum Gasteiger partial charge on any atom is -0.462 e. The quantitative estimate of drug-likeness (QED) is 0.355. The van der Waals surface area contributed by atoms with Gasteiger partial charge < -0.3 is 4.74 Å². The summed E-state index contributed by atoms with van der Waals surface area (Å²) in [7, 11) is 0. The maximum Gasteiger partial charge on any atom is 0.342 e. The molecule has 0 bridgehead atoms. The van der Waals surface area contributed by atoms with Crippen LogP contribution in [0.4, 0.5) is 0 Å². The molecular weight excluding hydrogens is 236 g/mol. The first kappa shape index (κ1) is 12.3. The van der Waals surface area contributed by atoms with Crippen LogP contribution in [0.2, 0.25) is 5.28 Å². The second-order valence-corrected chi connectivity index (χ2v) is 3.82. The van der Waals surface area contributed by atoms with Crippen molar-refractivity contribution in [1.82, 2.24) is 9.97 Å². The summed E-state index contributed by atoms with van der Waals surface area (Å²) in [5.41, 5.74) is 0.937. The van der Waals surface area contributed by atoms with Crippen LogP contribution in [0.15, 0.2) is 5.03 Å². The number of hydrogen-bond acceptors (Lipinski definition) is 5. The maximum atomic E-state index is 11.6. The van der Waals surface area contributed by atoms with Crippen LogP contribution in [-0.2, 0) is 4.74 Å². The number of halogens is 1. The van der Waals surface area contributed by atoms with E-state index in [-0.39, 0.29) is 5.28 Å². The van der Waals surface area contributed by atoms with Gasteiger partial charge in [0.05, 0.1) is 12.3 Å². The zero-order valence-corrected chi connectivity index (χ0v) is 10.3. The number of thioether (sulfide) groups is 1. The Morgan fingerprint density at radius 1 is 1.53 bits per heavy atom. The number of carbonyl (C=O) groups is 1. The molecule has 0 spiro atoms. The second-order valence-electron chi connectivity index (χ2n) is 2.68. The van der Waals surface area contributed by atoms with Crippen molar-refractivity contribution >= 4 is 29.3 Å². The van der Waals surface area contributed by atoms with E-state index in [0.29, 0.717) is 22.9 Å². The highest BCUT2D eigenvalue weighted by Crippen LogP contribution is 2.22. The molecule has 0 unspecified atom stereocenters. The van der Waals surface area contributed by atoms with Gasteiger partial charge in [0.2, 0.25) is 5.28 Å². The number of hydrogen-bond donors (Lipinski definition) is 0. The molecule has 82 valence electrons. The van der Waals surface area contributed by atoms with Crippen molar-refractivity contribution in [1.29, 1.82) is 0 Å². The molecule has 0 fully saturated rings. The first-order valence-electron chi connectivity index (χ1n) is 4.35. The first-order chi connectivity index (χ1) is 7.10. The standard InChI is InChI=1S/C9H11ClN2O2S/c1-4-14-8(13)6-5(2)11-9(10)12-7(6)15-3/h4H2,1-3H3. The number of aryl methyl sites for hydroxylation is 1. The molecule has 1 heterocycles. The monoisotopic (exact) mass is 246 g/mol. The average Bonchev–Trinajstić information content (AvgIpc) is 2.16. The van der Waals surface area contributed by atoms with Crippen molar-refractivity contribution in [2.24, 2.45) is 0 Å². The molecule has 1 aromatic heterocycles. The molecule has 0 aliphatic rings. The van der Waals surface area contributed by atoms with Gasteiger partial charge in [0.1, 0.15) is 10.6 Å². The first-order valence-corrected chi connectivity index (χ1v) is 5.95. The van der Waals surface area contributed by atoms with E-state index >= 15 is 0 Å². The molecule has 0 saturated carbocycles. The van der Waals surface area contributed by atoms with Crippen LogP contribution in [0.25, 0.3) is 0 Å². The lowest BCUT2D eigenvalue weighted by molar-refractivity contribution is 0.0519. The fourth-order valence-electron chi connectivity index (χ4n) is 1.10. The van der Waals surface area contributed by atoms with Crippen LogP contribution < -0.4 is 0 Å². The van der Waals surface area contributed by atoms with Crippen molar-refractivity contribution in [3.05, 3.63) is 16.5 Å². The topological polar surface area (TPSA) is 52.1 Å². The fourth-order valence-corrected chi connectivity index (χ4v) is 1.97. The lowest BCUT2D eigenvalue weighted by atomic mass is 10.2. The number of nitrogens with zero attached hydrogens (tertiary/aromatic N) is 2. The van der Waals surface area contributed by atoms with Gasteiger partial charge in [-0.15, -0.1) is 11.8 Å². The minimum atomic E-state index is -0.406. The lowest BCUT2D eigenvalue weighted by Gasteiger charge is -2.08. The summed E-state index contributed by atoms with van der Waals surface area (Å²) >= 11 is 7.04. The van der Waals surface area contributed by atoms with Gasteiger partial charge in [-0.3, -0.25) is 0 Å². The smallest absolute Gasteiger partial charge is 0.342 e. The van der Waals surface area contributed by atoms with E-state index in [1.807, 2.05) is 6.26 Å². The maximum absolute atomic E-state index is 11.6. The summed E-state index contributed by atoms with van der Waals surface area (Å²) in [6.07, 6.45) is 1.82. The molecule has 6 heteroatoms. The molecule has 0 aliphatic carbocycles. The number of esters is 1. The normalized spacial score (nSPS) is 10.1. The molecule has 0 atom stereocenters. The molecule has 1 aromatic rings. The van der Waals surface area contributed by atoms with Gasteiger partial charge in [-0.1, -0.05) is 0 Å². The summed E-state index contributed by atoms with van der Waals surface area (Å²) in [4.78, 5) is 19.5. The Labute approximate surface area is 97.4 Å². The molecular formula is C9H11ClN2O2S. The molecule has 15 heavy (non-hydrogen) atoms. The van der Waals surface area contributed by atoms with Crippen molar-refractivity contribution in [2.75, 3.05) is 12.9 Å². The Hall–Kier alpha value is -0.810. The molecule has 4 nitrogen and oxygen atoms in total. The van der Waals surface area contributed by atoms with Gasteiger partial charge in [-0.2, -0.15) is 0 Å². The van der Waals surface area contributed by atoms with E-state index < -0.39 is 5.97 Å². The van der Waals surface area contributed by atoms with Crippen molar-refractivity contribution in [3.63, 3.8) is 0 Å². The summed E-state index contributed by atoms with van der Waals surface area (Å²) in [5.74, 6) is -0.406. The van der Waals surface area contributed by atoms with Gasteiger partial charge >= 0.3 is 5.97 Å². The van der Waals surface area contributed by atoms with E-state index in [0.717, 1.165) is 0 Å². The van der Waals surface area contributed by atoms with Crippen molar-refractivity contribution < 1.29 is 9.53 Å². The van der Waals surface area contributed by atoms with Gasteiger partial charge in [-0.25, -0.2) is 14.8 Å².